The Bertz CT molecular complexity index is 369. The average Bonchev–Trinajstić information content (AvgIpc) is 2.16. The minimum atomic E-state index is 0.204. The molecule has 0 atom stereocenters. The van der Waals surface area contributed by atoms with Gasteiger partial charge >= 0.3 is 0 Å². The van der Waals surface area contributed by atoms with Gasteiger partial charge in [0.2, 0.25) is 0 Å². The molecule has 0 saturated carbocycles. The van der Waals surface area contributed by atoms with Crippen LogP contribution in [0.1, 0.15) is 26.3 Å². The molecule has 2 heteroatoms. The van der Waals surface area contributed by atoms with E-state index in [2.05, 4.69) is 56.1 Å². The number of fused-ring (bicyclic) bond motifs is 1. The van der Waals surface area contributed by atoms with Crippen LogP contribution >= 0.6 is 0 Å². The SMILES string of the molecule is CCN1c2cc(C)ccc2NCC1(C)C. The van der Waals surface area contributed by atoms with E-state index in [9.17, 15) is 0 Å². The Morgan fingerprint density at radius 2 is 2.13 bits per heavy atom. The maximum Gasteiger partial charge on any atom is 0.0609 e. The van der Waals surface area contributed by atoms with Gasteiger partial charge in [0, 0.05) is 13.1 Å². The molecule has 2 rings (SSSR count). The largest absolute Gasteiger partial charge is 0.381 e. The predicted molar refractivity (Wildman–Crippen MR) is 66.8 cm³/mol. The first-order chi connectivity index (χ1) is 7.04. The van der Waals surface area contributed by atoms with Crippen LogP contribution in [0.15, 0.2) is 18.2 Å². The van der Waals surface area contributed by atoms with Crippen molar-refractivity contribution in [3.8, 4) is 0 Å². The summed E-state index contributed by atoms with van der Waals surface area (Å²) in [5.74, 6) is 0. The van der Waals surface area contributed by atoms with Crippen molar-refractivity contribution >= 4 is 11.4 Å². The van der Waals surface area contributed by atoms with E-state index >= 15 is 0 Å². The molecule has 0 saturated heterocycles. The Hall–Kier alpha value is -1.18. The number of nitrogens with one attached hydrogen (secondary N) is 1. The second-order valence-corrected chi connectivity index (χ2v) is 4.93. The molecule has 1 N–H and O–H groups in total. The van der Waals surface area contributed by atoms with Gasteiger partial charge in [-0.1, -0.05) is 6.07 Å². The van der Waals surface area contributed by atoms with Crippen LogP contribution in [0.4, 0.5) is 11.4 Å². The molecule has 0 radical (unpaired) electrons. The zero-order valence-electron chi connectivity index (χ0n) is 10.1. The molecule has 1 heterocycles. The summed E-state index contributed by atoms with van der Waals surface area (Å²) in [7, 11) is 0. The Morgan fingerprint density at radius 3 is 2.80 bits per heavy atom. The fourth-order valence-corrected chi connectivity index (χ4v) is 2.35. The third-order valence-electron chi connectivity index (χ3n) is 3.20. The topological polar surface area (TPSA) is 15.3 Å². The Kier molecular flexibility index (Phi) is 2.37. The summed E-state index contributed by atoms with van der Waals surface area (Å²) in [5, 5.41) is 3.50. The first-order valence-electron chi connectivity index (χ1n) is 5.67. The van der Waals surface area contributed by atoms with Gasteiger partial charge in [0.25, 0.3) is 0 Å². The van der Waals surface area contributed by atoms with Gasteiger partial charge in [-0.2, -0.15) is 0 Å². The average molecular weight is 204 g/mol. The number of anilines is 2. The molecule has 2 nitrogen and oxygen atoms in total. The maximum absolute atomic E-state index is 3.50. The van der Waals surface area contributed by atoms with E-state index in [4.69, 9.17) is 0 Å². The molecule has 0 aliphatic carbocycles. The van der Waals surface area contributed by atoms with Gasteiger partial charge in [0.1, 0.15) is 0 Å². The van der Waals surface area contributed by atoms with Crippen LogP contribution in [-0.4, -0.2) is 18.6 Å². The molecular weight excluding hydrogens is 184 g/mol. The standard InChI is InChI=1S/C13H20N2/c1-5-15-12-8-10(2)6-7-11(12)14-9-13(15,3)4/h6-8,14H,5,9H2,1-4H3. The van der Waals surface area contributed by atoms with Crippen LogP contribution in [0, 0.1) is 6.92 Å². The predicted octanol–water partition coefficient (Wildman–Crippen LogP) is 3.03. The number of hydrogen-bond acceptors (Lipinski definition) is 2. The van der Waals surface area contributed by atoms with Crippen molar-refractivity contribution in [1.82, 2.24) is 0 Å². The summed E-state index contributed by atoms with van der Waals surface area (Å²) in [4.78, 5) is 2.48. The smallest absolute Gasteiger partial charge is 0.0609 e. The first-order valence-corrected chi connectivity index (χ1v) is 5.67. The van der Waals surface area contributed by atoms with E-state index in [1.54, 1.807) is 0 Å². The zero-order chi connectivity index (χ0) is 11.1. The molecule has 15 heavy (non-hydrogen) atoms. The van der Waals surface area contributed by atoms with Crippen molar-refractivity contribution in [2.75, 3.05) is 23.3 Å². The quantitative estimate of drug-likeness (QED) is 0.756. The van der Waals surface area contributed by atoms with E-state index in [1.807, 2.05) is 0 Å². The summed E-state index contributed by atoms with van der Waals surface area (Å²) in [6, 6.07) is 6.62. The number of hydrogen-bond donors (Lipinski definition) is 1. The summed E-state index contributed by atoms with van der Waals surface area (Å²) in [5.41, 5.74) is 4.14. The fourth-order valence-electron chi connectivity index (χ4n) is 2.35. The summed E-state index contributed by atoms with van der Waals surface area (Å²) in [6.45, 7) is 11.0. The molecule has 0 unspecified atom stereocenters. The normalized spacial score (nSPS) is 18.3. The maximum atomic E-state index is 3.50. The van der Waals surface area contributed by atoms with Crippen molar-refractivity contribution in [3.05, 3.63) is 23.8 Å². The van der Waals surface area contributed by atoms with E-state index in [1.165, 1.54) is 16.9 Å². The highest BCUT2D eigenvalue weighted by atomic mass is 15.2. The summed E-state index contributed by atoms with van der Waals surface area (Å²) in [6.07, 6.45) is 0. The monoisotopic (exact) mass is 204 g/mol. The van der Waals surface area contributed by atoms with Crippen molar-refractivity contribution < 1.29 is 0 Å². The second kappa shape index (κ2) is 3.44. The van der Waals surface area contributed by atoms with E-state index in [-0.39, 0.29) is 5.54 Å². The lowest BCUT2D eigenvalue weighted by Gasteiger charge is -2.45. The molecule has 0 aromatic heterocycles. The van der Waals surface area contributed by atoms with Gasteiger partial charge in [-0.3, -0.25) is 0 Å². The first kappa shape index (κ1) is 10.3. The molecule has 1 aliphatic heterocycles. The highest BCUT2D eigenvalue weighted by Crippen LogP contribution is 2.36. The van der Waals surface area contributed by atoms with Gasteiger partial charge in [0.05, 0.1) is 16.9 Å². The lowest BCUT2D eigenvalue weighted by atomic mass is 9.97. The number of benzene rings is 1. The molecule has 0 spiro atoms. The summed E-state index contributed by atoms with van der Waals surface area (Å²) >= 11 is 0. The highest BCUT2D eigenvalue weighted by Gasteiger charge is 2.31. The van der Waals surface area contributed by atoms with Crippen LogP contribution in [0.5, 0.6) is 0 Å². The molecule has 1 aromatic carbocycles. The van der Waals surface area contributed by atoms with Crippen molar-refractivity contribution in [2.45, 2.75) is 33.2 Å². The molecule has 0 fully saturated rings. The number of aryl methyl sites for hydroxylation is 1. The lowest BCUT2D eigenvalue weighted by molar-refractivity contribution is 0.480. The number of likely N-dealkylation sites (N-methyl/N-ethyl adjacent to an activating group) is 1. The van der Waals surface area contributed by atoms with Crippen LogP contribution in [-0.2, 0) is 0 Å². The number of rotatable bonds is 1. The van der Waals surface area contributed by atoms with Gasteiger partial charge in [-0.25, -0.2) is 0 Å². The molecule has 0 amide bonds. The molecular formula is C13H20N2. The lowest BCUT2D eigenvalue weighted by Crippen LogP contribution is -2.52. The summed E-state index contributed by atoms with van der Waals surface area (Å²) < 4.78 is 0. The Labute approximate surface area is 92.3 Å². The third kappa shape index (κ3) is 1.69. The minimum absolute atomic E-state index is 0.204. The van der Waals surface area contributed by atoms with Gasteiger partial charge in [-0.05, 0) is 45.4 Å². The molecule has 1 aliphatic rings. The van der Waals surface area contributed by atoms with Crippen molar-refractivity contribution in [1.29, 1.82) is 0 Å². The fraction of sp³-hybridized carbons (Fsp3) is 0.538. The van der Waals surface area contributed by atoms with Crippen LogP contribution in [0.25, 0.3) is 0 Å². The molecule has 1 aromatic rings. The Balaban J connectivity index is 2.49. The molecule has 82 valence electrons. The third-order valence-corrected chi connectivity index (χ3v) is 3.20. The zero-order valence-corrected chi connectivity index (χ0v) is 10.1. The van der Waals surface area contributed by atoms with Crippen LogP contribution in [0.3, 0.4) is 0 Å². The van der Waals surface area contributed by atoms with Gasteiger partial charge < -0.3 is 10.2 Å². The van der Waals surface area contributed by atoms with Crippen molar-refractivity contribution in [2.24, 2.45) is 0 Å². The minimum Gasteiger partial charge on any atom is -0.381 e. The van der Waals surface area contributed by atoms with Crippen LogP contribution < -0.4 is 10.2 Å². The number of nitrogens with zero attached hydrogens (tertiary/aromatic N) is 1. The van der Waals surface area contributed by atoms with Crippen LogP contribution in [0.2, 0.25) is 0 Å². The highest BCUT2D eigenvalue weighted by molar-refractivity contribution is 5.74. The van der Waals surface area contributed by atoms with E-state index in [0.29, 0.717) is 0 Å². The Morgan fingerprint density at radius 1 is 1.40 bits per heavy atom. The van der Waals surface area contributed by atoms with E-state index in [0.717, 1.165) is 13.1 Å². The second-order valence-electron chi connectivity index (χ2n) is 4.93. The van der Waals surface area contributed by atoms with E-state index < -0.39 is 0 Å². The molecule has 0 bridgehead atoms. The van der Waals surface area contributed by atoms with Crippen molar-refractivity contribution in [3.63, 3.8) is 0 Å². The van der Waals surface area contributed by atoms with Gasteiger partial charge in [-0.15, -0.1) is 0 Å². The van der Waals surface area contributed by atoms with Gasteiger partial charge in [0.15, 0.2) is 0 Å².